The first-order valence-corrected chi connectivity index (χ1v) is 7.95. The molecule has 2 rings (SSSR count). The minimum Gasteiger partial charge on any atom is -0.423 e. The van der Waals surface area contributed by atoms with Gasteiger partial charge < -0.3 is 10.1 Å². The van der Waals surface area contributed by atoms with E-state index in [0.29, 0.717) is 16.4 Å². The number of hydrogen-bond donors (Lipinski definition) is 2. The topological polar surface area (TPSA) is 62.7 Å². The molecule has 2 N–H and O–H groups in total. The summed E-state index contributed by atoms with van der Waals surface area (Å²) in [5.74, 6) is 0.0999. The van der Waals surface area contributed by atoms with Gasteiger partial charge in [-0.15, -0.1) is 0 Å². The summed E-state index contributed by atoms with van der Waals surface area (Å²) in [5, 5.41) is 7.42. The van der Waals surface area contributed by atoms with Gasteiger partial charge in [0.2, 0.25) is 0 Å². The number of nitrogens with one attached hydrogen (secondary N) is 2. The zero-order valence-electron chi connectivity index (χ0n) is 13.6. The average molecular weight is 341 g/mol. The molecule has 124 valence electrons. The van der Waals surface area contributed by atoms with Crippen molar-refractivity contribution >= 4 is 29.5 Å². The van der Waals surface area contributed by atoms with Gasteiger partial charge in [0, 0.05) is 6.54 Å². The first-order valence-electron chi connectivity index (χ1n) is 7.54. The lowest BCUT2D eigenvalue weighted by Gasteiger charge is -2.05. The minimum absolute atomic E-state index is 0.380. The number of rotatable bonds is 5. The molecule has 0 amide bonds. The maximum atomic E-state index is 12.0. The summed E-state index contributed by atoms with van der Waals surface area (Å²) in [5.41, 5.74) is 5.18. The number of benzene rings is 2. The Bertz CT molecular complexity index is 725. The van der Waals surface area contributed by atoms with Crippen LogP contribution in [0.2, 0.25) is 0 Å². The Labute approximate surface area is 146 Å². The van der Waals surface area contributed by atoms with E-state index in [-0.39, 0.29) is 5.97 Å². The van der Waals surface area contributed by atoms with Crippen LogP contribution in [-0.4, -0.2) is 23.8 Å². The SMILES string of the molecule is CCNC(=S)N/N=C/c1ccc(OC(=O)c2ccc(C)cc2)cc1. The van der Waals surface area contributed by atoms with E-state index in [1.165, 1.54) is 0 Å². The van der Waals surface area contributed by atoms with E-state index in [4.69, 9.17) is 17.0 Å². The van der Waals surface area contributed by atoms with E-state index in [1.807, 2.05) is 26.0 Å². The maximum absolute atomic E-state index is 12.0. The second kappa shape index (κ2) is 8.79. The normalized spacial score (nSPS) is 10.4. The second-order valence-corrected chi connectivity index (χ2v) is 5.46. The average Bonchev–Trinajstić information content (AvgIpc) is 2.57. The van der Waals surface area contributed by atoms with E-state index in [0.717, 1.165) is 17.7 Å². The van der Waals surface area contributed by atoms with Crippen LogP contribution < -0.4 is 15.5 Å². The molecule has 0 saturated carbocycles. The largest absolute Gasteiger partial charge is 0.423 e. The number of carbonyl (C=O) groups is 1. The lowest BCUT2D eigenvalue weighted by Crippen LogP contribution is -2.31. The van der Waals surface area contributed by atoms with Gasteiger partial charge in [0.05, 0.1) is 11.8 Å². The lowest BCUT2D eigenvalue weighted by molar-refractivity contribution is 0.0735. The molecule has 0 unspecified atom stereocenters. The fourth-order valence-corrected chi connectivity index (χ4v) is 2.04. The summed E-state index contributed by atoms with van der Waals surface area (Å²) >= 11 is 5.00. The number of nitrogens with zero attached hydrogens (tertiary/aromatic N) is 1. The molecule has 5 nitrogen and oxygen atoms in total. The van der Waals surface area contributed by atoms with E-state index in [1.54, 1.807) is 42.6 Å². The molecule has 0 aliphatic rings. The molecule has 2 aromatic rings. The van der Waals surface area contributed by atoms with Gasteiger partial charge in [-0.05, 0) is 68.0 Å². The summed E-state index contributed by atoms with van der Waals surface area (Å²) in [6.07, 6.45) is 1.63. The number of hydrazone groups is 1. The van der Waals surface area contributed by atoms with Crippen molar-refractivity contribution in [2.45, 2.75) is 13.8 Å². The minimum atomic E-state index is -0.380. The van der Waals surface area contributed by atoms with Gasteiger partial charge in [0.1, 0.15) is 5.75 Å². The molecule has 0 aromatic heterocycles. The third kappa shape index (κ3) is 5.48. The van der Waals surface area contributed by atoms with E-state index < -0.39 is 0 Å². The summed E-state index contributed by atoms with van der Waals surface area (Å²) in [6, 6.07) is 14.3. The smallest absolute Gasteiger partial charge is 0.343 e. The zero-order chi connectivity index (χ0) is 17.4. The van der Waals surface area contributed by atoms with Crippen LogP contribution in [0.3, 0.4) is 0 Å². The molecule has 0 aliphatic carbocycles. The quantitative estimate of drug-likeness (QED) is 0.288. The van der Waals surface area contributed by atoms with Crippen LogP contribution >= 0.6 is 12.2 Å². The van der Waals surface area contributed by atoms with Crippen molar-refractivity contribution < 1.29 is 9.53 Å². The van der Waals surface area contributed by atoms with Gasteiger partial charge in [0.15, 0.2) is 5.11 Å². The standard InChI is InChI=1S/C18H19N3O2S/c1-3-19-18(24)21-20-12-14-6-10-16(11-7-14)23-17(22)15-8-4-13(2)5-9-15/h4-12H,3H2,1-2H3,(H2,19,21,24)/b20-12+. The second-order valence-electron chi connectivity index (χ2n) is 5.05. The third-order valence-electron chi connectivity index (χ3n) is 3.09. The molecule has 0 bridgehead atoms. The number of ether oxygens (including phenoxy) is 1. The first-order chi connectivity index (χ1) is 11.6. The Kier molecular flexibility index (Phi) is 6.45. The summed E-state index contributed by atoms with van der Waals surface area (Å²) in [6.45, 7) is 4.66. The van der Waals surface area contributed by atoms with Crippen LogP contribution in [0.25, 0.3) is 0 Å². The van der Waals surface area contributed by atoms with Crippen LogP contribution in [0.1, 0.15) is 28.4 Å². The highest BCUT2D eigenvalue weighted by atomic mass is 32.1. The summed E-state index contributed by atoms with van der Waals surface area (Å²) in [4.78, 5) is 12.0. The van der Waals surface area contributed by atoms with Crippen LogP contribution in [-0.2, 0) is 0 Å². The highest BCUT2D eigenvalue weighted by molar-refractivity contribution is 7.80. The molecule has 24 heavy (non-hydrogen) atoms. The fraction of sp³-hybridized carbons (Fsp3) is 0.167. The van der Waals surface area contributed by atoms with E-state index >= 15 is 0 Å². The molecule has 0 heterocycles. The molecule has 0 spiro atoms. The lowest BCUT2D eigenvalue weighted by atomic mass is 10.1. The molecule has 0 atom stereocenters. The summed E-state index contributed by atoms with van der Waals surface area (Å²) < 4.78 is 5.34. The van der Waals surface area contributed by atoms with Crippen molar-refractivity contribution in [3.8, 4) is 5.75 Å². The predicted octanol–water partition coefficient (Wildman–Crippen LogP) is 3.03. The Hall–Kier alpha value is -2.73. The monoisotopic (exact) mass is 341 g/mol. The molecule has 0 saturated heterocycles. The molecule has 2 aromatic carbocycles. The molecule has 0 radical (unpaired) electrons. The Morgan fingerprint density at radius 2 is 1.83 bits per heavy atom. The van der Waals surface area contributed by atoms with Crippen LogP contribution in [0.15, 0.2) is 53.6 Å². The van der Waals surface area contributed by atoms with E-state index in [9.17, 15) is 4.79 Å². The molecule has 0 fully saturated rings. The van der Waals surface area contributed by atoms with E-state index in [2.05, 4.69) is 15.8 Å². The number of aryl methyl sites for hydroxylation is 1. The van der Waals surface area contributed by atoms with Crippen molar-refractivity contribution in [1.82, 2.24) is 10.7 Å². The first kappa shape index (κ1) is 17.6. The van der Waals surface area contributed by atoms with Gasteiger partial charge in [0.25, 0.3) is 0 Å². The fourth-order valence-electron chi connectivity index (χ4n) is 1.84. The Morgan fingerprint density at radius 1 is 1.17 bits per heavy atom. The predicted molar refractivity (Wildman–Crippen MR) is 99.6 cm³/mol. The van der Waals surface area contributed by atoms with Crippen molar-refractivity contribution in [1.29, 1.82) is 0 Å². The van der Waals surface area contributed by atoms with Gasteiger partial charge in [-0.1, -0.05) is 17.7 Å². The molecular weight excluding hydrogens is 322 g/mol. The van der Waals surface area contributed by atoms with Crippen LogP contribution in [0, 0.1) is 6.92 Å². The Morgan fingerprint density at radius 3 is 2.46 bits per heavy atom. The van der Waals surface area contributed by atoms with Crippen LogP contribution in [0.5, 0.6) is 5.75 Å². The molecular formula is C18H19N3O2S. The van der Waals surface area contributed by atoms with Crippen molar-refractivity contribution in [3.63, 3.8) is 0 Å². The third-order valence-corrected chi connectivity index (χ3v) is 3.33. The van der Waals surface area contributed by atoms with Gasteiger partial charge in [-0.25, -0.2) is 4.79 Å². The maximum Gasteiger partial charge on any atom is 0.343 e. The summed E-state index contributed by atoms with van der Waals surface area (Å²) in [7, 11) is 0. The van der Waals surface area contributed by atoms with Gasteiger partial charge in [-0.2, -0.15) is 5.10 Å². The highest BCUT2D eigenvalue weighted by Gasteiger charge is 2.07. The van der Waals surface area contributed by atoms with Crippen molar-refractivity contribution in [2.24, 2.45) is 5.10 Å². The van der Waals surface area contributed by atoms with Crippen LogP contribution in [0.4, 0.5) is 0 Å². The van der Waals surface area contributed by atoms with Crippen molar-refractivity contribution in [2.75, 3.05) is 6.54 Å². The van der Waals surface area contributed by atoms with Gasteiger partial charge >= 0.3 is 5.97 Å². The number of hydrogen-bond acceptors (Lipinski definition) is 4. The number of carbonyl (C=O) groups excluding carboxylic acids is 1. The van der Waals surface area contributed by atoms with Crippen molar-refractivity contribution in [3.05, 3.63) is 65.2 Å². The molecule has 6 heteroatoms. The zero-order valence-corrected chi connectivity index (χ0v) is 14.4. The number of esters is 1. The Balaban J connectivity index is 1.92. The highest BCUT2D eigenvalue weighted by Crippen LogP contribution is 2.14. The number of thiocarbonyl (C=S) groups is 1. The molecule has 0 aliphatic heterocycles. The van der Waals surface area contributed by atoms with Gasteiger partial charge in [-0.3, -0.25) is 5.43 Å².